The molecule has 2 rings (SSSR count). The standard InChI is InChI=1S/C15H26N6O/c1-19(2)8-4-7-16-14-6-5-13(17-18-14)15(22)21-11-9-20(3)10-12-21/h5-6H,4,7-12H2,1-3H3,(H,16,18). The molecule has 7 nitrogen and oxygen atoms in total. The molecule has 2 heterocycles. The van der Waals surface area contributed by atoms with Gasteiger partial charge < -0.3 is 20.0 Å². The second-order valence-electron chi connectivity index (χ2n) is 5.98. The van der Waals surface area contributed by atoms with Crippen LogP contribution in [0.5, 0.6) is 0 Å². The van der Waals surface area contributed by atoms with Crippen molar-refractivity contribution in [3.8, 4) is 0 Å². The van der Waals surface area contributed by atoms with Crippen LogP contribution in [0.1, 0.15) is 16.9 Å². The normalized spacial score (nSPS) is 16.1. The molecule has 0 atom stereocenters. The number of hydrogen-bond acceptors (Lipinski definition) is 6. The molecule has 122 valence electrons. The van der Waals surface area contributed by atoms with Gasteiger partial charge in [0.1, 0.15) is 5.82 Å². The number of carbonyl (C=O) groups is 1. The summed E-state index contributed by atoms with van der Waals surface area (Å²) in [5, 5.41) is 11.4. The number of carbonyl (C=O) groups excluding carboxylic acids is 1. The second kappa shape index (κ2) is 8.05. The maximum atomic E-state index is 12.3. The molecule has 0 aromatic carbocycles. The predicted octanol–water partition coefficient (Wildman–Crippen LogP) is 0.228. The fourth-order valence-corrected chi connectivity index (χ4v) is 2.32. The number of hydrogen-bond donors (Lipinski definition) is 1. The Bertz CT molecular complexity index is 467. The van der Waals surface area contributed by atoms with Crippen LogP contribution in [0.2, 0.25) is 0 Å². The molecule has 0 aliphatic carbocycles. The molecule has 1 fully saturated rings. The third-order valence-corrected chi connectivity index (χ3v) is 3.76. The van der Waals surface area contributed by atoms with Crippen molar-refractivity contribution in [3.63, 3.8) is 0 Å². The molecule has 1 aromatic heterocycles. The van der Waals surface area contributed by atoms with E-state index in [1.165, 1.54) is 0 Å². The topological polar surface area (TPSA) is 64.6 Å². The molecule has 22 heavy (non-hydrogen) atoms. The molecule has 0 spiro atoms. The summed E-state index contributed by atoms with van der Waals surface area (Å²) in [7, 11) is 6.18. The van der Waals surface area contributed by atoms with E-state index < -0.39 is 0 Å². The van der Waals surface area contributed by atoms with Gasteiger partial charge in [0.2, 0.25) is 0 Å². The lowest BCUT2D eigenvalue weighted by Crippen LogP contribution is -2.47. The van der Waals surface area contributed by atoms with Crippen molar-refractivity contribution < 1.29 is 4.79 Å². The van der Waals surface area contributed by atoms with Crippen LogP contribution in [-0.4, -0.2) is 91.2 Å². The number of aromatic nitrogens is 2. The van der Waals surface area contributed by atoms with Gasteiger partial charge in [0, 0.05) is 32.7 Å². The molecule has 1 aromatic rings. The summed E-state index contributed by atoms with van der Waals surface area (Å²) in [5.41, 5.74) is 0.420. The largest absolute Gasteiger partial charge is 0.369 e. The van der Waals surface area contributed by atoms with Crippen LogP contribution >= 0.6 is 0 Å². The van der Waals surface area contributed by atoms with Gasteiger partial charge in [-0.25, -0.2) is 0 Å². The number of anilines is 1. The van der Waals surface area contributed by atoms with Crippen LogP contribution in [0, 0.1) is 0 Å². The SMILES string of the molecule is CN(C)CCCNc1ccc(C(=O)N2CCN(C)CC2)nn1. The molecular weight excluding hydrogens is 280 g/mol. The minimum absolute atomic E-state index is 0.0280. The zero-order valence-electron chi connectivity index (χ0n) is 13.7. The second-order valence-corrected chi connectivity index (χ2v) is 5.98. The van der Waals surface area contributed by atoms with E-state index in [-0.39, 0.29) is 5.91 Å². The van der Waals surface area contributed by atoms with Crippen molar-refractivity contribution >= 4 is 11.7 Å². The Labute approximate surface area is 132 Å². The minimum atomic E-state index is -0.0280. The highest BCUT2D eigenvalue weighted by Crippen LogP contribution is 2.07. The van der Waals surface area contributed by atoms with Crippen molar-refractivity contribution in [2.24, 2.45) is 0 Å². The van der Waals surface area contributed by atoms with Crippen LogP contribution in [0.3, 0.4) is 0 Å². The molecule has 1 aliphatic rings. The number of amides is 1. The summed E-state index contributed by atoms with van der Waals surface area (Å²) in [6.07, 6.45) is 1.04. The Morgan fingerprint density at radius 1 is 1.23 bits per heavy atom. The van der Waals surface area contributed by atoms with Gasteiger partial charge in [-0.15, -0.1) is 10.2 Å². The van der Waals surface area contributed by atoms with Gasteiger partial charge in [0.25, 0.3) is 5.91 Å². The van der Waals surface area contributed by atoms with Gasteiger partial charge in [-0.2, -0.15) is 0 Å². The fraction of sp³-hybridized carbons (Fsp3) is 0.667. The number of rotatable bonds is 6. The lowest BCUT2D eigenvalue weighted by Gasteiger charge is -2.32. The third-order valence-electron chi connectivity index (χ3n) is 3.76. The van der Waals surface area contributed by atoms with Crippen LogP contribution in [0.4, 0.5) is 5.82 Å². The van der Waals surface area contributed by atoms with Gasteiger partial charge in [-0.05, 0) is 46.2 Å². The molecule has 0 radical (unpaired) electrons. The van der Waals surface area contributed by atoms with Crippen LogP contribution in [-0.2, 0) is 0 Å². The Kier molecular flexibility index (Phi) is 6.09. The first-order valence-electron chi connectivity index (χ1n) is 7.76. The first kappa shape index (κ1) is 16.6. The van der Waals surface area contributed by atoms with Gasteiger partial charge in [0.15, 0.2) is 5.69 Å². The van der Waals surface area contributed by atoms with E-state index in [1.807, 2.05) is 11.0 Å². The smallest absolute Gasteiger partial charge is 0.274 e. The number of nitrogens with zero attached hydrogens (tertiary/aromatic N) is 5. The van der Waals surface area contributed by atoms with Crippen molar-refractivity contribution in [2.45, 2.75) is 6.42 Å². The summed E-state index contributed by atoms with van der Waals surface area (Å²) >= 11 is 0. The summed E-state index contributed by atoms with van der Waals surface area (Å²) in [6.45, 7) is 5.19. The van der Waals surface area contributed by atoms with E-state index in [2.05, 4.69) is 46.5 Å². The Balaban J connectivity index is 1.82. The van der Waals surface area contributed by atoms with Gasteiger partial charge >= 0.3 is 0 Å². The molecule has 7 heteroatoms. The highest BCUT2D eigenvalue weighted by atomic mass is 16.2. The molecule has 1 amide bonds. The van der Waals surface area contributed by atoms with Crippen molar-refractivity contribution in [1.29, 1.82) is 0 Å². The Morgan fingerprint density at radius 3 is 2.55 bits per heavy atom. The van der Waals surface area contributed by atoms with E-state index in [1.54, 1.807) is 6.07 Å². The molecule has 0 unspecified atom stereocenters. The van der Waals surface area contributed by atoms with E-state index >= 15 is 0 Å². The number of nitrogens with one attached hydrogen (secondary N) is 1. The summed E-state index contributed by atoms with van der Waals surface area (Å²) in [4.78, 5) is 18.5. The van der Waals surface area contributed by atoms with Gasteiger partial charge in [-0.1, -0.05) is 0 Å². The fourth-order valence-electron chi connectivity index (χ4n) is 2.32. The zero-order chi connectivity index (χ0) is 15.9. The Morgan fingerprint density at radius 2 is 1.95 bits per heavy atom. The highest BCUT2D eigenvalue weighted by molar-refractivity contribution is 5.92. The molecule has 0 bridgehead atoms. The molecule has 1 aliphatic heterocycles. The van der Waals surface area contributed by atoms with E-state index in [0.717, 1.165) is 45.7 Å². The minimum Gasteiger partial charge on any atom is -0.369 e. The average Bonchev–Trinajstić information content (AvgIpc) is 2.52. The zero-order valence-corrected chi connectivity index (χ0v) is 13.7. The first-order chi connectivity index (χ1) is 10.6. The monoisotopic (exact) mass is 306 g/mol. The maximum Gasteiger partial charge on any atom is 0.274 e. The predicted molar refractivity (Wildman–Crippen MR) is 87.1 cm³/mol. The lowest BCUT2D eigenvalue weighted by atomic mass is 10.2. The third kappa shape index (κ3) is 4.92. The van der Waals surface area contributed by atoms with Crippen LogP contribution < -0.4 is 5.32 Å². The van der Waals surface area contributed by atoms with Crippen molar-refractivity contribution in [1.82, 2.24) is 24.9 Å². The van der Waals surface area contributed by atoms with E-state index in [0.29, 0.717) is 11.5 Å². The molecule has 1 saturated heterocycles. The van der Waals surface area contributed by atoms with Crippen molar-refractivity contribution in [3.05, 3.63) is 17.8 Å². The highest BCUT2D eigenvalue weighted by Gasteiger charge is 2.21. The molecular formula is C15H26N6O. The quantitative estimate of drug-likeness (QED) is 0.759. The van der Waals surface area contributed by atoms with E-state index in [9.17, 15) is 4.79 Å². The van der Waals surface area contributed by atoms with Crippen molar-refractivity contribution in [2.75, 3.05) is 65.7 Å². The average molecular weight is 306 g/mol. The Hall–Kier alpha value is -1.73. The molecule has 1 N–H and O–H groups in total. The van der Waals surface area contributed by atoms with Crippen LogP contribution in [0.25, 0.3) is 0 Å². The summed E-state index contributed by atoms with van der Waals surface area (Å²) < 4.78 is 0. The van der Waals surface area contributed by atoms with Crippen LogP contribution in [0.15, 0.2) is 12.1 Å². The van der Waals surface area contributed by atoms with E-state index in [4.69, 9.17) is 0 Å². The summed E-state index contributed by atoms with van der Waals surface area (Å²) in [5.74, 6) is 0.688. The molecule has 0 saturated carbocycles. The van der Waals surface area contributed by atoms with Gasteiger partial charge in [0.05, 0.1) is 0 Å². The first-order valence-corrected chi connectivity index (χ1v) is 7.76. The maximum absolute atomic E-state index is 12.3. The number of piperazine rings is 1. The lowest BCUT2D eigenvalue weighted by molar-refractivity contribution is 0.0657. The summed E-state index contributed by atoms with van der Waals surface area (Å²) in [6, 6.07) is 3.58. The van der Waals surface area contributed by atoms with Gasteiger partial charge in [-0.3, -0.25) is 4.79 Å². The number of likely N-dealkylation sites (N-methyl/N-ethyl adjacent to an activating group) is 1.